The summed E-state index contributed by atoms with van der Waals surface area (Å²) in [5, 5.41) is 2.62. The first-order valence-corrected chi connectivity index (χ1v) is 11.0. The normalized spacial score (nSPS) is 13.5. The van der Waals surface area contributed by atoms with Gasteiger partial charge in [-0.2, -0.15) is 4.39 Å². The molecule has 0 saturated carbocycles. The highest BCUT2D eigenvalue weighted by Crippen LogP contribution is 2.21. The lowest BCUT2D eigenvalue weighted by atomic mass is 10.1. The zero-order chi connectivity index (χ0) is 24.2. The highest BCUT2D eigenvalue weighted by atomic mass is 19.1. The Kier molecular flexibility index (Phi) is 6.12. The van der Waals surface area contributed by atoms with Crippen LogP contribution in [0.2, 0.25) is 0 Å². The molecule has 0 bridgehead atoms. The van der Waals surface area contributed by atoms with E-state index in [-0.39, 0.29) is 5.56 Å². The Morgan fingerprint density at radius 2 is 1.46 bits per heavy atom. The molecule has 11 heteroatoms. The number of carbonyl (C=O) groups excluding carboxylic acids is 1. The number of piperazine rings is 1. The first kappa shape index (κ1) is 22.1. The molecule has 0 atom stereocenters. The predicted octanol–water partition coefficient (Wildman–Crippen LogP) is 2.63. The third-order valence-electron chi connectivity index (χ3n) is 5.59. The minimum atomic E-state index is -0.866. The Morgan fingerprint density at radius 3 is 2.06 bits per heavy atom. The lowest BCUT2D eigenvalue weighted by Crippen LogP contribution is -2.47. The number of pyridine rings is 1. The predicted molar refractivity (Wildman–Crippen MR) is 130 cm³/mol. The smallest absolute Gasteiger partial charge is 0.260 e. The number of carbonyl (C=O) groups is 1. The van der Waals surface area contributed by atoms with Crippen LogP contribution in [0.5, 0.6) is 0 Å². The third-order valence-corrected chi connectivity index (χ3v) is 5.59. The van der Waals surface area contributed by atoms with E-state index in [2.05, 4.69) is 35.1 Å². The van der Waals surface area contributed by atoms with Crippen LogP contribution in [0.25, 0.3) is 11.3 Å². The number of aromatic nitrogens is 5. The molecule has 3 N–H and O–H groups in total. The summed E-state index contributed by atoms with van der Waals surface area (Å²) in [4.78, 5) is 38.0. The Labute approximate surface area is 200 Å². The summed E-state index contributed by atoms with van der Waals surface area (Å²) in [6.07, 6.45) is 6.45. The molecule has 4 aromatic rings. The molecule has 1 aliphatic heterocycles. The highest BCUT2D eigenvalue weighted by molar-refractivity contribution is 6.04. The van der Waals surface area contributed by atoms with E-state index in [4.69, 9.17) is 5.73 Å². The number of anilines is 4. The van der Waals surface area contributed by atoms with Crippen LogP contribution in [0.3, 0.4) is 0 Å². The molecular formula is C24H22FN9O. The van der Waals surface area contributed by atoms with Gasteiger partial charge in [-0.1, -0.05) is 12.1 Å². The first-order chi connectivity index (χ1) is 17.1. The van der Waals surface area contributed by atoms with E-state index in [9.17, 15) is 9.18 Å². The molecular weight excluding hydrogens is 449 g/mol. The van der Waals surface area contributed by atoms with Crippen LogP contribution < -0.4 is 20.9 Å². The van der Waals surface area contributed by atoms with Crippen molar-refractivity contribution in [1.29, 1.82) is 0 Å². The van der Waals surface area contributed by atoms with Gasteiger partial charge in [-0.3, -0.25) is 4.79 Å². The van der Waals surface area contributed by atoms with Crippen molar-refractivity contribution in [2.24, 2.45) is 0 Å². The number of rotatable bonds is 5. The van der Waals surface area contributed by atoms with Gasteiger partial charge in [-0.15, -0.1) is 0 Å². The maximum atomic E-state index is 14.6. The number of nitrogens with one attached hydrogen (secondary N) is 1. The molecule has 1 aliphatic rings. The average molecular weight is 472 g/mol. The summed E-state index contributed by atoms with van der Waals surface area (Å²) in [6.45, 7) is 2.90. The van der Waals surface area contributed by atoms with Crippen LogP contribution in [-0.2, 0) is 0 Å². The van der Waals surface area contributed by atoms with Gasteiger partial charge in [0.25, 0.3) is 5.91 Å². The number of benzene rings is 1. The fraction of sp³-hybridized carbons (Fsp3) is 0.167. The number of nitrogen functional groups attached to an aromatic ring is 1. The van der Waals surface area contributed by atoms with Crippen LogP contribution in [0.15, 0.2) is 67.3 Å². The van der Waals surface area contributed by atoms with Gasteiger partial charge in [-0.25, -0.2) is 24.9 Å². The third kappa shape index (κ3) is 4.98. The van der Waals surface area contributed by atoms with Crippen molar-refractivity contribution in [3.05, 3.63) is 78.8 Å². The largest absolute Gasteiger partial charge is 0.399 e. The van der Waals surface area contributed by atoms with Crippen molar-refractivity contribution < 1.29 is 9.18 Å². The molecule has 35 heavy (non-hydrogen) atoms. The lowest BCUT2D eigenvalue weighted by molar-refractivity contribution is 0.102. The summed E-state index contributed by atoms with van der Waals surface area (Å²) >= 11 is 0. The van der Waals surface area contributed by atoms with Crippen LogP contribution in [0.4, 0.5) is 27.7 Å². The number of hydrogen-bond donors (Lipinski definition) is 2. The second kappa shape index (κ2) is 9.67. The van der Waals surface area contributed by atoms with Crippen molar-refractivity contribution >= 4 is 29.2 Å². The summed E-state index contributed by atoms with van der Waals surface area (Å²) in [5.41, 5.74) is 7.58. The van der Waals surface area contributed by atoms with Crippen molar-refractivity contribution in [3.8, 4) is 11.3 Å². The molecule has 1 aromatic carbocycles. The molecule has 176 valence electrons. The van der Waals surface area contributed by atoms with E-state index >= 15 is 0 Å². The van der Waals surface area contributed by atoms with E-state index in [1.165, 1.54) is 18.5 Å². The second-order valence-electron chi connectivity index (χ2n) is 7.91. The Bertz CT molecular complexity index is 1310. The number of halogens is 1. The quantitative estimate of drug-likeness (QED) is 0.334. The van der Waals surface area contributed by atoms with Crippen molar-refractivity contribution in [2.75, 3.05) is 47.0 Å². The molecule has 0 unspecified atom stereocenters. The van der Waals surface area contributed by atoms with E-state index in [0.29, 0.717) is 47.6 Å². The van der Waals surface area contributed by atoms with Crippen molar-refractivity contribution in [2.45, 2.75) is 0 Å². The Balaban J connectivity index is 1.20. The molecule has 1 amide bonds. The lowest BCUT2D eigenvalue weighted by Gasteiger charge is -2.34. The topological polar surface area (TPSA) is 126 Å². The van der Waals surface area contributed by atoms with E-state index in [1.807, 2.05) is 4.90 Å². The first-order valence-electron chi connectivity index (χ1n) is 11.0. The zero-order valence-corrected chi connectivity index (χ0v) is 18.7. The molecule has 1 saturated heterocycles. The van der Waals surface area contributed by atoms with Gasteiger partial charge in [0.2, 0.25) is 17.8 Å². The van der Waals surface area contributed by atoms with Gasteiger partial charge >= 0.3 is 0 Å². The maximum Gasteiger partial charge on any atom is 0.260 e. The van der Waals surface area contributed by atoms with Crippen molar-refractivity contribution in [1.82, 2.24) is 24.9 Å². The van der Waals surface area contributed by atoms with Gasteiger partial charge in [-0.05, 0) is 30.3 Å². The van der Waals surface area contributed by atoms with E-state index in [1.54, 1.807) is 48.8 Å². The van der Waals surface area contributed by atoms with Gasteiger partial charge in [0.05, 0.1) is 29.3 Å². The van der Waals surface area contributed by atoms with Crippen LogP contribution >= 0.6 is 0 Å². The Hall–Kier alpha value is -4.67. The summed E-state index contributed by atoms with van der Waals surface area (Å²) in [5.74, 6) is -0.243. The standard InChI is InChI=1S/C24H22FN9O/c25-21-19(6-7-20(32-21)16-2-4-17(26)5-3-16)22(35)31-18-14-29-24(30-15-18)34-12-10-33(11-13-34)23-27-8-1-9-28-23/h1-9,14-15H,10-13,26H2,(H,31,35). The van der Waals surface area contributed by atoms with Crippen LogP contribution in [0.1, 0.15) is 10.4 Å². The summed E-state index contributed by atoms with van der Waals surface area (Å²) in [7, 11) is 0. The molecule has 0 aliphatic carbocycles. The monoisotopic (exact) mass is 471 g/mol. The second-order valence-corrected chi connectivity index (χ2v) is 7.91. The van der Waals surface area contributed by atoms with Crippen LogP contribution in [0, 0.1) is 5.95 Å². The Morgan fingerprint density at radius 1 is 0.857 bits per heavy atom. The fourth-order valence-corrected chi connectivity index (χ4v) is 3.73. The van der Waals surface area contributed by atoms with Gasteiger partial charge in [0.1, 0.15) is 0 Å². The minimum Gasteiger partial charge on any atom is -0.399 e. The highest BCUT2D eigenvalue weighted by Gasteiger charge is 2.21. The number of nitrogens with zero attached hydrogens (tertiary/aromatic N) is 7. The SMILES string of the molecule is Nc1ccc(-c2ccc(C(=O)Nc3cnc(N4CCN(c5ncccn5)CC4)nc3)c(F)n2)cc1. The summed E-state index contributed by atoms with van der Waals surface area (Å²) in [6, 6.07) is 11.7. The molecule has 5 rings (SSSR count). The molecule has 3 aromatic heterocycles. The molecule has 4 heterocycles. The number of hydrogen-bond acceptors (Lipinski definition) is 9. The van der Waals surface area contributed by atoms with Crippen molar-refractivity contribution in [3.63, 3.8) is 0 Å². The van der Waals surface area contributed by atoms with E-state index < -0.39 is 11.9 Å². The molecule has 1 fully saturated rings. The minimum absolute atomic E-state index is 0.174. The molecule has 10 nitrogen and oxygen atoms in total. The fourth-order valence-electron chi connectivity index (χ4n) is 3.73. The number of amides is 1. The molecule has 0 radical (unpaired) electrons. The van der Waals surface area contributed by atoms with Gasteiger partial charge < -0.3 is 20.9 Å². The van der Waals surface area contributed by atoms with Crippen LogP contribution in [-0.4, -0.2) is 57.0 Å². The number of nitrogens with two attached hydrogens (primary N) is 1. The summed E-state index contributed by atoms with van der Waals surface area (Å²) < 4.78 is 14.6. The van der Waals surface area contributed by atoms with Gasteiger partial charge in [0.15, 0.2) is 0 Å². The van der Waals surface area contributed by atoms with Gasteiger partial charge in [0, 0.05) is 49.8 Å². The average Bonchev–Trinajstić information content (AvgIpc) is 2.90. The maximum absolute atomic E-state index is 14.6. The zero-order valence-electron chi connectivity index (χ0n) is 18.7. The van der Waals surface area contributed by atoms with E-state index in [0.717, 1.165) is 13.1 Å². The molecule has 0 spiro atoms.